The standard InChI is InChI=1S/C19H19NO4/c1-12(2)24-18-15-11-14(23-3)9-10-16(15)20(17(18)19(21)22)13-7-5-4-6-8-13/h4-12H,1-3H3,(H,21,22). The number of hydrogen-bond donors (Lipinski definition) is 1. The summed E-state index contributed by atoms with van der Waals surface area (Å²) in [5, 5.41) is 10.5. The average molecular weight is 325 g/mol. The van der Waals surface area contributed by atoms with Crippen LogP contribution in [0.3, 0.4) is 0 Å². The fraction of sp³-hybridized carbons (Fsp3) is 0.211. The van der Waals surface area contributed by atoms with Gasteiger partial charge in [-0.15, -0.1) is 0 Å². The molecule has 0 bridgehead atoms. The molecule has 1 aromatic heterocycles. The van der Waals surface area contributed by atoms with Gasteiger partial charge in [-0.3, -0.25) is 0 Å². The summed E-state index contributed by atoms with van der Waals surface area (Å²) in [6.45, 7) is 3.75. The smallest absolute Gasteiger partial charge is 0.356 e. The van der Waals surface area contributed by atoms with Crippen LogP contribution in [0.4, 0.5) is 0 Å². The third-order valence-corrected chi connectivity index (χ3v) is 3.70. The number of rotatable bonds is 5. The molecule has 5 heteroatoms. The first-order chi connectivity index (χ1) is 11.5. The van der Waals surface area contributed by atoms with Crippen LogP contribution in [0, 0.1) is 0 Å². The molecule has 0 aliphatic carbocycles. The monoisotopic (exact) mass is 325 g/mol. The molecule has 0 saturated carbocycles. The molecular formula is C19H19NO4. The molecule has 1 N–H and O–H groups in total. The molecule has 0 aliphatic rings. The predicted octanol–water partition coefficient (Wildman–Crippen LogP) is 4.12. The number of aromatic nitrogens is 1. The van der Waals surface area contributed by atoms with E-state index in [-0.39, 0.29) is 11.8 Å². The first-order valence-corrected chi connectivity index (χ1v) is 7.70. The topological polar surface area (TPSA) is 60.7 Å². The van der Waals surface area contributed by atoms with E-state index < -0.39 is 5.97 Å². The van der Waals surface area contributed by atoms with Gasteiger partial charge in [-0.2, -0.15) is 0 Å². The van der Waals surface area contributed by atoms with E-state index in [2.05, 4.69) is 0 Å². The van der Waals surface area contributed by atoms with E-state index >= 15 is 0 Å². The Morgan fingerprint density at radius 2 is 1.83 bits per heavy atom. The number of ether oxygens (including phenoxy) is 2. The maximum Gasteiger partial charge on any atom is 0.356 e. The lowest BCUT2D eigenvalue weighted by Gasteiger charge is -2.11. The molecule has 0 atom stereocenters. The maximum atomic E-state index is 12.0. The summed E-state index contributed by atoms with van der Waals surface area (Å²) in [5.41, 5.74) is 1.64. The summed E-state index contributed by atoms with van der Waals surface area (Å²) >= 11 is 0. The number of carbonyl (C=O) groups is 1. The molecule has 5 nitrogen and oxygen atoms in total. The second-order valence-electron chi connectivity index (χ2n) is 5.70. The second kappa shape index (κ2) is 6.28. The highest BCUT2D eigenvalue weighted by Gasteiger charge is 2.25. The second-order valence-corrected chi connectivity index (χ2v) is 5.70. The number of carboxylic acids is 1. The van der Waals surface area contributed by atoms with Crippen molar-refractivity contribution in [3.8, 4) is 17.2 Å². The van der Waals surface area contributed by atoms with Crippen LogP contribution in [0.15, 0.2) is 48.5 Å². The van der Waals surface area contributed by atoms with Crippen LogP contribution in [-0.4, -0.2) is 28.9 Å². The van der Waals surface area contributed by atoms with E-state index in [0.29, 0.717) is 16.9 Å². The van der Waals surface area contributed by atoms with Gasteiger partial charge in [-0.25, -0.2) is 4.79 Å². The molecule has 2 aromatic carbocycles. The number of nitrogens with zero attached hydrogens (tertiary/aromatic N) is 1. The summed E-state index contributed by atoms with van der Waals surface area (Å²) in [4.78, 5) is 12.0. The van der Waals surface area contributed by atoms with Gasteiger partial charge in [0, 0.05) is 11.1 Å². The molecule has 24 heavy (non-hydrogen) atoms. The Labute approximate surface area is 140 Å². The quantitative estimate of drug-likeness (QED) is 0.766. The van der Waals surface area contributed by atoms with Gasteiger partial charge < -0.3 is 19.1 Å². The molecule has 0 aliphatic heterocycles. The Bertz CT molecular complexity index is 881. The third kappa shape index (κ3) is 2.69. The molecule has 3 rings (SSSR count). The predicted molar refractivity (Wildman–Crippen MR) is 92.6 cm³/mol. The van der Waals surface area contributed by atoms with Crippen LogP contribution in [-0.2, 0) is 0 Å². The summed E-state index contributed by atoms with van der Waals surface area (Å²) in [6, 6.07) is 14.8. The molecule has 3 aromatic rings. The van der Waals surface area contributed by atoms with Crippen molar-refractivity contribution in [1.29, 1.82) is 0 Å². The fourth-order valence-corrected chi connectivity index (χ4v) is 2.76. The van der Waals surface area contributed by atoms with Gasteiger partial charge in [0.25, 0.3) is 0 Å². The number of benzene rings is 2. The number of fused-ring (bicyclic) bond motifs is 1. The highest BCUT2D eigenvalue weighted by molar-refractivity contribution is 6.02. The SMILES string of the molecule is COc1ccc2c(c1)c(OC(C)C)c(C(=O)O)n2-c1ccccc1. The van der Waals surface area contributed by atoms with Gasteiger partial charge in [0.05, 0.1) is 18.7 Å². The lowest BCUT2D eigenvalue weighted by Crippen LogP contribution is -2.12. The number of methoxy groups -OCH3 is 1. The molecule has 0 unspecified atom stereocenters. The molecule has 0 saturated heterocycles. The van der Waals surface area contributed by atoms with E-state index in [0.717, 1.165) is 11.2 Å². The van der Waals surface area contributed by atoms with Crippen molar-refractivity contribution in [3.05, 3.63) is 54.2 Å². The van der Waals surface area contributed by atoms with E-state index in [1.165, 1.54) is 0 Å². The number of aromatic carboxylic acids is 1. The minimum Gasteiger partial charge on any atom is -0.497 e. The van der Waals surface area contributed by atoms with Crippen LogP contribution in [0.25, 0.3) is 16.6 Å². The fourth-order valence-electron chi connectivity index (χ4n) is 2.76. The summed E-state index contributed by atoms with van der Waals surface area (Å²) < 4.78 is 12.9. The van der Waals surface area contributed by atoms with Crippen molar-refractivity contribution < 1.29 is 19.4 Å². The van der Waals surface area contributed by atoms with Crippen molar-refractivity contribution in [2.24, 2.45) is 0 Å². The van der Waals surface area contributed by atoms with Crippen molar-refractivity contribution in [1.82, 2.24) is 4.57 Å². The lowest BCUT2D eigenvalue weighted by atomic mass is 10.2. The summed E-state index contributed by atoms with van der Waals surface area (Å²) in [6.07, 6.45) is -0.149. The zero-order valence-electron chi connectivity index (χ0n) is 13.8. The molecule has 1 heterocycles. The molecule has 124 valence electrons. The lowest BCUT2D eigenvalue weighted by molar-refractivity contribution is 0.0682. The number of carboxylic acid groups (broad SMARTS) is 1. The minimum absolute atomic E-state index is 0.109. The zero-order valence-corrected chi connectivity index (χ0v) is 13.8. The summed E-state index contributed by atoms with van der Waals surface area (Å²) in [7, 11) is 1.58. The van der Waals surface area contributed by atoms with E-state index in [4.69, 9.17) is 9.47 Å². The highest BCUT2D eigenvalue weighted by atomic mass is 16.5. The van der Waals surface area contributed by atoms with Crippen molar-refractivity contribution in [2.75, 3.05) is 7.11 Å². The van der Waals surface area contributed by atoms with Gasteiger partial charge in [-0.05, 0) is 44.2 Å². The van der Waals surface area contributed by atoms with E-state index in [1.54, 1.807) is 17.7 Å². The first-order valence-electron chi connectivity index (χ1n) is 7.70. The van der Waals surface area contributed by atoms with Gasteiger partial charge >= 0.3 is 5.97 Å². The minimum atomic E-state index is -1.04. The van der Waals surface area contributed by atoms with Gasteiger partial charge in [0.15, 0.2) is 11.4 Å². The van der Waals surface area contributed by atoms with Crippen LogP contribution in [0.5, 0.6) is 11.5 Å². The number of para-hydroxylation sites is 1. The Balaban J connectivity index is 2.41. The van der Waals surface area contributed by atoms with Crippen LogP contribution < -0.4 is 9.47 Å². The zero-order chi connectivity index (χ0) is 17.3. The maximum absolute atomic E-state index is 12.0. The van der Waals surface area contributed by atoms with E-state index in [1.807, 2.05) is 56.3 Å². The molecule has 0 fully saturated rings. The van der Waals surface area contributed by atoms with Gasteiger partial charge in [-0.1, -0.05) is 18.2 Å². The summed E-state index contributed by atoms with van der Waals surface area (Å²) in [5.74, 6) is -0.0295. The normalized spacial score (nSPS) is 11.0. The Kier molecular flexibility index (Phi) is 4.16. The van der Waals surface area contributed by atoms with Crippen LogP contribution in [0.1, 0.15) is 24.3 Å². The average Bonchev–Trinajstić information content (AvgIpc) is 2.88. The molecule has 0 radical (unpaired) electrons. The van der Waals surface area contributed by atoms with E-state index in [9.17, 15) is 9.90 Å². The molecule has 0 amide bonds. The molecular weight excluding hydrogens is 306 g/mol. The van der Waals surface area contributed by atoms with Crippen molar-refractivity contribution in [3.63, 3.8) is 0 Å². The Hall–Kier alpha value is -2.95. The Morgan fingerprint density at radius 1 is 1.12 bits per heavy atom. The van der Waals surface area contributed by atoms with Crippen molar-refractivity contribution in [2.45, 2.75) is 20.0 Å². The van der Waals surface area contributed by atoms with Crippen molar-refractivity contribution >= 4 is 16.9 Å². The Morgan fingerprint density at radius 3 is 2.42 bits per heavy atom. The van der Waals surface area contributed by atoms with Gasteiger partial charge in [0.2, 0.25) is 0 Å². The van der Waals surface area contributed by atoms with Gasteiger partial charge in [0.1, 0.15) is 5.75 Å². The largest absolute Gasteiger partial charge is 0.497 e. The van der Waals surface area contributed by atoms with Crippen LogP contribution >= 0.6 is 0 Å². The van der Waals surface area contributed by atoms with Crippen LogP contribution in [0.2, 0.25) is 0 Å². The molecule has 0 spiro atoms. The highest BCUT2D eigenvalue weighted by Crippen LogP contribution is 2.38. The number of hydrogen-bond acceptors (Lipinski definition) is 3. The first kappa shape index (κ1) is 15.9. The third-order valence-electron chi connectivity index (χ3n) is 3.70.